The van der Waals surface area contributed by atoms with Crippen molar-refractivity contribution in [3.05, 3.63) is 146 Å². The van der Waals surface area contributed by atoms with Crippen LogP contribution in [0.1, 0.15) is 0 Å². The second kappa shape index (κ2) is 8.51. The molecule has 0 saturated heterocycles. The molecular formula is C39H24N2. The summed E-state index contributed by atoms with van der Waals surface area (Å²) in [4.78, 5) is 4.86. The topological polar surface area (TPSA) is 17.8 Å². The van der Waals surface area contributed by atoms with Crippen molar-refractivity contribution in [1.82, 2.24) is 9.55 Å². The molecule has 41 heavy (non-hydrogen) atoms. The normalized spacial score (nSPS) is 11.9. The maximum absolute atomic E-state index is 4.86. The Bertz CT molecular complexity index is 2460. The van der Waals surface area contributed by atoms with Crippen LogP contribution in [0, 0.1) is 0 Å². The van der Waals surface area contributed by atoms with Crippen molar-refractivity contribution in [3.8, 4) is 16.8 Å². The van der Waals surface area contributed by atoms with E-state index in [1.54, 1.807) is 0 Å². The summed E-state index contributed by atoms with van der Waals surface area (Å²) in [7, 11) is 0. The van der Waals surface area contributed by atoms with Crippen molar-refractivity contribution in [1.29, 1.82) is 0 Å². The largest absolute Gasteiger partial charge is 0.309 e. The third-order valence-electron chi connectivity index (χ3n) is 8.59. The molecule has 7 aromatic carbocycles. The van der Waals surface area contributed by atoms with Crippen molar-refractivity contribution < 1.29 is 0 Å². The number of hydrogen-bond acceptors (Lipinski definition) is 1. The van der Waals surface area contributed by atoms with Crippen molar-refractivity contribution in [2.45, 2.75) is 0 Å². The summed E-state index contributed by atoms with van der Waals surface area (Å²) in [6, 6.07) is 50.5. The molecule has 2 heteroatoms. The van der Waals surface area contributed by atoms with Crippen molar-refractivity contribution >= 4 is 65.0 Å². The lowest BCUT2D eigenvalue weighted by Gasteiger charge is -2.14. The molecule has 0 radical (unpaired) electrons. The molecule has 0 unspecified atom stereocenters. The summed E-state index contributed by atoms with van der Waals surface area (Å²) < 4.78 is 2.42. The minimum atomic E-state index is 1.04. The van der Waals surface area contributed by atoms with E-state index in [4.69, 9.17) is 4.98 Å². The first-order valence-corrected chi connectivity index (χ1v) is 14.1. The zero-order chi connectivity index (χ0) is 26.9. The smallest absolute Gasteiger partial charge is 0.0801 e. The Kier molecular flexibility index (Phi) is 4.64. The summed E-state index contributed by atoms with van der Waals surface area (Å²) in [6.07, 6.45) is 1.90. The predicted octanol–water partition coefficient (Wildman–Crippen LogP) is 10.5. The summed E-state index contributed by atoms with van der Waals surface area (Å²) in [5.41, 5.74) is 7.07. The Morgan fingerprint density at radius 3 is 1.93 bits per heavy atom. The molecular weight excluding hydrogens is 496 g/mol. The lowest BCUT2D eigenvalue weighted by molar-refractivity contribution is 1.19. The van der Waals surface area contributed by atoms with Crippen LogP contribution in [-0.2, 0) is 0 Å². The molecule has 0 atom stereocenters. The zero-order valence-corrected chi connectivity index (χ0v) is 22.3. The van der Waals surface area contributed by atoms with Crippen LogP contribution in [0.15, 0.2) is 146 Å². The van der Waals surface area contributed by atoms with Gasteiger partial charge >= 0.3 is 0 Å². The number of nitrogens with zero attached hydrogens (tertiary/aromatic N) is 2. The molecule has 9 aromatic rings. The molecule has 190 valence electrons. The van der Waals surface area contributed by atoms with Crippen LogP contribution in [0.25, 0.3) is 81.8 Å². The Hall–Kier alpha value is -5.47. The van der Waals surface area contributed by atoms with Crippen LogP contribution in [0.5, 0.6) is 0 Å². The van der Waals surface area contributed by atoms with Crippen LogP contribution in [0.2, 0.25) is 0 Å². The van der Waals surface area contributed by atoms with Crippen LogP contribution >= 0.6 is 0 Å². The fourth-order valence-corrected chi connectivity index (χ4v) is 6.84. The molecule has 0 aliphatic rings. The fourth-order valence-electron chi connectivity index (χ4n) is 6.84. The van der Waals surface area contributed by atoms with Gasteiger partial charge in [0.25, 0.3) is 0 Å². The van der Waals surface area contributed by atoms with Crippen LogP contribution in [-0.4, -0.2) is 9.55 Å². The van der Waals surface area contributed by atoms with Gasteiger partial charge in [0.15, 0.2) is 0 Å². The monoisotopic (exact) mass is 520 g/mol. The highest BCUT2D eigenvalue weighted by atomic mass is 15.0. The lowest BCUT2D eigenvalue weighted by Crippen LogP contribution is -1.95. The molecule has 0 spiro atoms. The first-order chi connectivity index (χ1) is 20.4. The summed E-state index contributed by atoms with van der Waals surface area (Å²) >= 11 is 0. The zero-order valence-electron chi connectivity index (χ0n) is 22.3. The molecule has 0 bridgehead atoms. The molecule has 0 saturated carbocycles. The number of hydrogen-bond donors (Lipinski definition) is 0. The van der Waals surface area contributed by atoms with Gasteiger partial charge in [0.05, 0.1) is 16.6 Å². The van der Waals surface area contributed by atoms with E-state index in [-0.39, 0.29) is 0 Å². The van der Waals surface area contributed by atoms with Crippen LogP contribution in [0.3, 0.4) is 0 Å². The van der Waals surface area contributed by atoms with E-state index < -0.39 is 0 Å². The third-order valence-corrected chi connectivity index (χ3v) is 8.59. The highest BCUT2D eigenvalue weighted by molar-refractivity contribution is 6.31. The number of benzene rings is 7. The first-order valence-electron chi connectivity index (χ1n) is 14.1. The molecule has 0 aliphatic heterocycles. The fraction of sp³-hybridized carbons (Fsp3) is 0. The standard InChI is InChI=1S/C39H24N2/c1-2-11-28-26(10-1)24-35(30-13-4-3-12-29(28)30)25-19-21-27(22-20-25)41-36-18-8-7-16-33(36)37-31-14-5-6-15-32(31)38-34(39(37)41)17-9-23-40-38/h1-24H. The molecule has 9 rings (SSSR count). The Labute approximate surface area is 236 Å². The third kappa shape index (κ3) is 3.16. The van der Waals surface area contributed by atoms with Gasteiger partial charge in [0, 0.05) is 33.4 Å². The highest BCUT2D eigenvalue weighted by Gasteiger charge is 2.19. The van der Waals surface area contributed by atoms with Gasteiger partial charge in [-0.1, -0.05) is 103 Å². The van der Waals surface area contributed by atoms with Crippen molar-refractivity contribution in [2.75, 3.05) is 0 Å². The minimum absolute atomic E-state index is 1.04. The van der Waals surface area contributed by atoms with E-state index in [2.05, 4.69) is 138 Å². The maximum atomic E-state index is 4.86. The summed E-state index contributed by atoms with van der Waals surface area (Å²) in [5, 5.41) is 11.3. The average molecular weight is 521 g/mol. The van der Waals surface area contributed by atoms with E-state index in [1.165, 1.54) is 70.6 Å². The van der Waals surface area contributed by atoms with Gasteiger partial charge in [0.1, 0.15) is 0 Å². The quantitative estimate of drug-likeness (QED) is 0.207. The Morgan fingerprint density at radius 1 is 0.463 bits per heavy atom. The summed E-state index contributed by atoms with van der Waals surface area (Å²) in [5.74, 6) is 0. The van der Waals surface area contributed by atoms with E-state index in [0.29, 0.717) is 0 Å². The number of rotatable bonds is 2. The van der Waals surface area contributed by atoms with Crippen molar-refractivity contribution in [3.63, 3.8) is 0 Å². The Morgan fingerprint density at radius 2 is 1.10 bits per heavy atom. The van der Waals surface area contributed by atoms with Gasteiger partial charge in [-0.3, -0.25) is 4.98 Å². The molecule has 2 nitrogen and oxygen atoms in total. The van der Waals surface area contributed by atoms with Gasteiger partial charge in [-0.15, -0.1) is 0 Å². The molecule has 2 heterocycles. The van der Waals surface area contributed by atoms with E-state index in [1.807, 2.05) is 12.3 Å². The number of aromatic nitrogens is 2. The molecule has 0 fully saturated rings. The molecule has 0 aliphatic carbocycles. The van der Waals surface area contributed by atoms with Crippen molar-refractivity contribution in [2.24, 2.45) is 0 Å². The maximum Gasteiger partial charge on any atom is 0.0801 e. The minimum Gasteiger partial charge on any atom is -0.309 e. The average Bonchev–Trinajstić information content (AvgIpc) is 3.40. The highest BCUT2D eigenvalue weighted by Crippen LogP contribution is 2.42. The molecule has 2 aromatic heterocycles. The number of fused-ring (bicyclic) bond motifs is 11. The molecule has 0 N–H and O–H groups in total. The second-order valence-corrected chi connectivity index (χ2v) is 10.8. The number of pyridine rings is 1. The van der Waals surface area contributed by atoms with E-state index >= 15 is 0 Å². The van der Waals surface area contributed by atoms with Gasteiger partial charge in [-0.05, 0) is 74.5 Å². The number of para-hydroxylation sites is 1. The Balaban J connectivity index is 1.34. The molecule has 0 amide bonds. The van der Waals surface area contributed by atoms with Crippen LogP contribution < -0.4 is 0 Å². The van der Waals surface area contributed by atoms with Gasteiger partial charge in [-0.2, -0.15) is 0 Å². The second-order valence-electron chi connectivity index (χ2n) is 10.8. The van der Waals surface area contributed by atoms with Gasteiger partial charge in [-0.25, -0.2) is 0 Å². The van der Waals surface area contributed by atoms with E-state index in [9.17, 15) is 0 Å². The predicted molar refractivity (Wildman–Crippen MR) is 174 cm³/mol. The SMILES string of the molecule is c1ccc2c(c1)cc(-c1ccc(-n3c4ccccc4c4c5ccccc5c5ncccc5c43)cc1)c1ccccc12. The summed E-state index contributed by atoms with van der Waals surface area (Å²) in [6.45, 7) is 0. The van der Waals surface area contributed by atoms with Gasteiger partial charge < -0.3 is 4.57 Å². The van der Waals surface area contributed by atoms with Crippen LogP contribution in [0.4, 0.5) is 0 Å². The lowest BCUT2D eigenvalue weighted by atomic mass is 9.93. The first kappa shape index (κ1) is 22.4. The van der Waals surface area contributed by atoms with E-state index in [0.717, 1.165) is 11.2 Å². The van der Waals surface area contributed by atoms with Gasteiger partial charge in [0.2, 0.25) is 0 Å².